The third kappa shape index (κ3) is 3.92. The fourth-order valence-electron chi connectivity index (χ4n) is 2.90. The minimum atomic E-state index is 0.0617. The molecule has 0 spiro atoms. The molecule has 0 unspecified atom stereocenters. The Morgan fingerprint density at radius 1 is 1.12 bits per heavy atom. The smallest absolute Gasteiger partial charge is 0.230 e. The Hall–Kier alpha value is -2.31. The van der Waals surface area contributed by atoms with Crippen molar-refractivity contribution >= 4 is 50.1 Å². The monoisotopic (exact) mass is 381 g/mol. The quantitative estimate of drug-likeness (QED) is 0.377. The summed E-state index contributed by atoms with van der Waals surface area (Å²) in [6, 6.07) is 18.5. The number of rotatable bonds is 7. The molecule has 0 aliphatic carbocycles. The van der Waals surface area contributed by atoms with Crippen molar-refractivity contribution in [2.24, 2.45) is 0 Å². The summed E-state index contributed by atoms with van der Waals surface area (Å²) >= 11 is 3.14. The number of carbonyl (C=O) groups is 1. The van der Waals surface area contributed by atoms with Crippen LogP contribution in [0, 0.1) is 0 Å². The zero-order chi connectivity index (χ0) is 17.8. The minimum absolute atomic E-state index is 0.0617. The van der Waals surface area contributed by atoms with Gasteiger partial charge in [-0.25, -0.2) is 4.98 Å². The van der Waals surface area contributed by atoms with E-state index in [1.54, 1.807) is 11.3 Å². The summed E-state index contributed by atoms with van der Waals surface area (Å²) in [7, 11) is 0. The van der Waals surface area contributed by atoms with Crippen molar-refractivity contribution in [3.05, 3.63) is 60.8 Å². The van der Waals surface area contributed by atoms with Crippen LogP contribution in [-0.4, -0.2) is 27.8 Å². The van der Waals surface area contributed by atoms with E-state index < -0.39 is 0 Å². The van der Waals surface area contributed by atoms with E-state index in [0.29, 0.717) is 12.3 Å². The van der Waals surface area contributed by atoms with E-state index in [4.69, 9.17) is 0 Å². The number of hydrogen-bond acceptors (Lipinski definition) is 4. The molecule has 2 aromatic carbocycles. The van der Waals surface area contributed by atoms with Gasteiger partial charge in [-0.3, -0.25) is 4.79 Å². The standard InChI is InChI=1S/C20H19N3OS2/c24-19(14-25-20-22-16-7-2-4-9-18(16)26-20)21-11-5-12-23-13-10-15-6-1-3-8-17(15)23/h1-4,6-10,13H,5,11-12,14H2,(H,21,24). The lowest BCUT2D eigenvalue weighted by Gasteiger charge is -2.07. The predicted octanol–water partition coefficient (Wildman–Crippen LogP) is 4.55. The molecule has 0 aliphatic heterocycles. The third-order valence-corrected chi connectivity index (χ3v) is 6.36. The lowest BCUT2D eigenvalue weighted by Crippen LogP contribution is -2.26. The molecule has 0 radical (unpaired) electrons. The van der Waals surface area contributed by atoms with Crippen molar-refractivity contribution in [2.75, 3.05) is 12.3 Å². The van der Waals surface area contributed by atoms with Gasteiger partial charge in [-0.2, -0.15) is 0 Å². The van der Waals surface area contributed by atoms with Crippen LogP contribution in [0.2, 0.25) is 0 Å². The van der Waals surface area contributed by atoms with Gasteiger partial charge in [0.05, 0.1) is 16.0 Å². The maximum absolute atomic E-state index is 12.0. The molecular weight excluding hydrogens is 362 g/mol. The minimum Gasteiger partial charge on any atom is -0.355 e. The van der Waals surface area contributed by atoms with Crippen molar-refractivity contribution in [3.8, 4) is 0 Å². The fourth-order valence-corrected chi connectivity index (χ4v) is 4.80. The number of aryl methyl sites for hydroxylation is 1. The van der Waals surface area contributed by atoms with Crippen LogP contribution >= 0.6 is 23.1 Å². The molecule has 2 aromatic heterocycles. The highest BCUT2D eigenvalue weighted by Gasteiger charge is 2.07. The first-order chi connectivity index (χ1) is 12.8. The van der Waals surface area contributed by atoms with Crippen LogP contribution in [0.5, 0.6) is 0 Å². The first-order valence-electron chi connectivity index (χ1n) is 8.58. The van der Waals surface area contributed by atoms with Crippen LogP contribution in [0.25, 0.3) is 21.1 Å². The van der Waals surface area contributed by atoms with Gasteiger partial charge in [0.1, 0.15) is 0 Å². The molecule has 0 saturated carbocycles. The Kier molecular flexibility index (Phi) is 5.22. The van der Waals surface area contributed by atoms with Gasteiger partial charge in [0, 0.05) is 24.8 Å². The molecule has 1 N–H and O–H groups in total. The Bertz CT molecular complexity index is 1000. The highest BCUT2D eigenvalue weighted by Crippen LogP contribution is 2.29. The van der Waals surface area contributed by atoms with Crippen LogP contribution in [0.15, 0.2) is 65.1 Å². The molecule has 132 valence electrons. The number of thiazole rings is 1. The number of amides is 1. The average Bonchev–Trinajstić information content (AvgIpc) is 3.27. The third-order valence-electron chi connectivity index (χ3n) is 4.18. The van der Waals surface area contributed by atoms with Gasteiger partial charge >= 0.3 is 0 Å². The molecule has 2 heterocycles. The lowest BCUT2D eigenvalue weighted by atomic mass is 10.2. The number of aromatic nitrogens is 2. The topological polar surface area (TPSA) is 46.9 Å². The predicted molar refractivity (Wildman–Crippen MR) is 110 cm³/mol. The molecule has 0 fully saturated rings. The maximum Gasteiger partial charge on any atom is 0.230 e. The van der Waals surface area contributed by atoms with E-state index in [0.717, 1.165) is 27.5 Å². The second-order valence-electron chi connectivity index (χ2n) is 6.01. The zero-order valence-electron chi connectivity index (χ0n) is 14.2. The van der Waals surface area contributed by atoms with Gasteiger partial charge in [0.2, 0.25) is 5.91 Å². The van der Waals surface area contributed by atoms with Crippen molar-refractivity contribution in [2.45, 2.75) is 17.3 Å². The maximum atomic E-state index is 12.0. The number of carbonyl (C=O) groups excluding carboxylic acids is 1. The van der Waals surface area contributed by atoms with Gasteiger partial charge in [-0.1, -0.05) is 42.1 Å². The Morgan fingerprint density at radius 2 is 1.96 bits per heavy atom. The van der Waals surface area contributed by atoms with E-state index in [1.165, 1.54) is 22.7 Å². The number of nitrogens with zero attached hydrogens (tertiary/aromatic N) is 2. The highest BCUT2D eigenvalue weighted by atomic mass is 32.2. The lowest BCUT2D eigenvalue weighted by molar-refractivity contribution is -0.118. The van der Waals surface area contributed by atoms with Crippen molar-refractivity contribution in [1.82, 2.24) is 14.9 Å². The first kappa shape index (κ1) is 17.1. The van der Waals surface area contributed by atoms with E-state index in [9.17, 15) is 4.79 Å². The van der Waals surface area contributed by atoms with Gasteiger partial charge in [0.25, 0.3) is 0 Å². The number of para-hydroxylation sites is 2. The Balaban J connectivity index is 1.21. The molecule has 6 heteroatoms. The van der Waals surface area contributed by atoms with Crippen LogP contribution in [0.4, 0.5) is 0 Å². The Labute approximate surface area is 160 Å². The fraction of sp³-hybridized carbons (Fsp3) is 0.200. The molecule has 4 aromatic rings. The van der Waals surface area contributed by atoms with Crippen LogP contribution in [0.1, 0.15) is 6.42 Å². The van der Waals surface area contributed by atoms with Gasteiger partial charge in [-0.15, -0.1) is 11.3 Å². The van der Waals surface area contributed by atoms with Gasteiger partial charge in [0.15, 0.2) is 4.34 Å². The summed E-state index contributed by atoms with van der Waals surface area (Å²) in [5.74, 6) is 0.471. The van der Waals surface area contributed by atoms with E-state index in [-0.39, 0.29) is 5.91 Å². The molecule has 0 aliphatic rings. The van der Waals surface area contributed by atoms with Crippen LogP contribution in [-0.2, 0) is 11.3 Å². The highest BCUT2D eigenvalue weighted by molar-refractivity contribution is 8.01. The number of hydrogen-bond donors (Lipinski definition) is 1. The van der Waals surface area contributed by atoms with Gasteiger partial charge in [-0.05, 0) is 36.1 Å². The Morgan fingerprint density at radius 3 is 2.88 bits per heavy atom. The normalized spacial score (nSPS) is 11.2. The van der Waals surface area contributed by atoms with E-state index in [1.807, 2.05) is 18.2 Å². The number of thioether (sulfide) groups is 1. The molecule has 1 amide bonds. The molecule has 0 atom stereocenters. The summed E-state index contributed by atoms with van der Waals surface area (Å²) in [6.07, 6.45) is 3.02. The van der Waals surface area contributed by atoms with Crippen molar-refractivity contribution < 1.29 is 4.79 Å². The number of fused-ring (bicyclic) bond motifs is 2. The average molecular weight is 382 g/mol. The summed E-state index contributed by atoms with van der Waals surface area (Å²) in [6.45, 7) is 1.59. The second kappa shape index (κ2) is 7.93. The second-order valence-corrected chi connectivity index (χ2v) is 8.26. The molecular formula is C20H19N3OS2. The first-order valence-corrected chi connectivity index (χ1v) is 10.4. The summed E-state index contributed by atoms with van der Waals surface area (Å²) in [5, 5.41) is 4.25. The summed E-state index contributed by atoms with van der Waals surface area (Å²) in [4.78, 5) is 16.6. The largest absolute Gasteiger partial charge is 0.355 e. The molecule has 0 saturated heterocycles. The van der Waals surface area contributed by atoms with Crippen LogP contribution in [0.3, 0.4) is 0 Å². The number of nitrogens with one attached hydrogen (secondary N) is 1. The molecule has 4 rings (SSSR count). The summed E-state index contributed by atoms with van der Waals surface area (Å²) < 4.78 is 4.34. The molecule has 26 heavy (non-hydrogen) atoms. The van der Waals surface area contributed by atoms with Crippen LogP contribution < -0.4 is 5.32 Å². The molecule has 0 bridgehead atoms. The van der Waals surface area contributed by atoms with Crippen molar-refractivity contribution in [1.29, 1.82) is 0 Å². The van der Waals surface area contributed by atoms with E-state index >= 15 is 0 Å². The van der Waals surface area contributed by atoms with Crippen molar-refractivity contribution in [3.63, 3.8) is 0 Å². The van der Waals surface area contributed by atoms with E-state index in [2.05, 4.69) is 57.5 Å². The zero-order valence-corrected chi connectivity index (χ0v) is 15.9. The summed E-state index contributed by atoms with van der Waals surface area (Å²) in [5.41, 5.74) is 2.24. The van der Waals surface area contributed by atoms with Gasteiger partial charge < -0.3 is 9.88 Å². The SMILES string of the molecule is O=C(CSc1nc2ccccc2s1)NCCCn1ccc2ccccc21. The number of benzene rings is 2. The molecule has 4 nitrogen and oxygen atoms in total.